The fourth-order valence-corrected chi connectivity index (χ4v) is 2.32. The van der Waals surface area contributed by atoms with Crippen molar-refractivity contribution >= 4 is 16.7 Å². The summed E-state index contributed by atoms with van der Waals surface area (Å²) in [6.07, 6.45) is 0.806. The molecule has 0 aliphatic rings. The minimum atomic E-state index is 0.806. The molecule has 0 unspecified atom stereocenters. The first kappa shape index (κ1) is 11.1. The average molecular weight is 233 g/mol. The third kappa shape index (κ3) is 2.58. The second-order valence-electron chi connectivity index (χ2n) is 3.94. The molecule has 0 aliphatic heterocycles. The van der Waals surface area contributed by atoms with Gasteiger partial charge in [0.15, 0.2) is 0 Å². The van der Waals surface area contributed by atoms with Gasteiger partial charge in [0.1, 0.15) is 5.82 Å². The van der Waals surface area contributed by atoms with Crippen LogP contribution in [0.5, 0.6) is 0 Å². The molecule has 16 heavy (non-hydrogen) atoms. The van der Waals surface area contributed by atoms with Crippen LogP contribution in [-0.2, 0) is 6.42 Å². The maximum atomic E-state index is 4.38. The van der Waals surface area contributed by atoms with E-state index in [1.165, 1.54) is 28.2 Å². The number of hydrogen-bond acceptors (Lipinski definition) is 4. The zero-order valence-electron chi connectivity index (χ0n) is 9.74. The molecular formula is C12H15N3S. The number of aromatic nitrogens is 2. The van der Waals surface area contributed by atoms with Gasteiger partial charge in [0.05, 0.1) is 0 Å². The van der Waals surface area contributed by atoms with Crippen LogP contribution < -0.4 is 5.32 Å². The van der Waals surface area contributed by atoms with Crippen molar-refractivity contribution in [3.05, 3.63) is 40.7 Å². The van der Waals surface area contributed by atoms with Crippen molar-refractivity contribution in [3.8, 4) is 0 Å². The molecule has 1 aromatic carbocycles. The summed E-state index contributed by atoms with van der Waals surface area (Å²) in [6.45, 7) is 4.23. The van der Waals surface area contributed by atoms with Gasteiger partial charge >= 0.3 is 0 Å². The van der Waals surface area contributed by atoms with E-state index in [0.717, 1.165) is 17.4 Å². The van der Waals surface area contributed by atoms with E-state index in [-0.39, 0.29) is 0 Å². The Morgan fingerprint density at radius 1 is 1.19 bits per heavy atom. The van der Waals surface area contributed by atoms with E-state index in [0.29, 0.717) is 0 Å². The minimum absolute atomic E-state index is 0.806. The van der Waals surface area contributed by atoms with Crippen LogP contribution in [0.3, 0.4) is 0 Å². The first-order valence-electron chi connectivity index (χ1n) is 5.25. The van der Waals surface area contributed by atoms with Gasteiger partial charge in [-0.05, 0) is 19.4 Å². The summed E-state index contributed by atoms with van der Waals surface area (Å²) in [4.78, 5) is 4.38. The quantitative estimate of drug-likeness (QED) is 0.885. The van der Waals surface area contributed by atoms with E-state index in [2.05, 4.69) is 46.7 Å². The highest BCUT2D eigenvalue weighted by Crippen LogP contribution is 2.15. The van der Waals surface area contributed by atoms with Crippen LogP contribution in [0.1, 0.15) is 22.5 Å². The van der Waals surface area contributed by atoms with Gasteiger partial charge in [-0.2, -0.15) is 4.37 Å². The number of aryl methyl sites for hydroxylation is 2. The number of anilines is 1. The first-order chi connectivity index (χ1) is 7.67. The zero-order chi connectivity index (χ0) is 11.5. The molecule has 0 amide bonds. The molecule has 1 heterocycles. The highest BCUT2D eigenvalue weighted by molar-refractivity contribution is 7.09. The molecule has 1 N–H and O–H groups in total. The molecule has 0 atom stereocenters. The molecule has 3 nitrogen and oxygen atoms in total. The van der Waals surface area contributed by atoms with Gasteiger partial charge in [-0.15, -0.1) is 0 Å². The Morgan fingerprint density at radius 2 is 1.88 bits per heavy atom. The average Bonchev–Trinajstić information content (AvgIpc) is 2.64. The van der Waals surface area contributed by atoms with Gasteiger partial charge < -0.3 is 5.32 Å². The molecule has 0 saturated carbocycles. The lowest BCUT2D eigenvalue weighted by Gasteiger charge is -2.02. The fourth-order valence-electron chi connectivity index (χ4n) is 1.78. The van der Waals surface area contributed by atoms with E-state index in [9.17, 15) is 0 Å². The molecule has 0 fully saturated rings. The molecule has 1 aromatic heterocycles. The molecule has 0 aliphatic carbocycles. The third-order valence-electron chi connectivity index (χ3n) is 2.33. The Kier molecular flexibility index (Phi) is 3.19. The van der Waals surface area contributed by atoms with Gasteiger partial charge in [0, 0.05) is 25.0 Å². The van der Waals surface area contributed by atoms with Crippen molar-refractivity contribution in [2.24, 2.45) is 0 Å². The van der Waals surface area contributed by atoms with Crippen molar-refractivity contribution in [1.29, 1.82) is 0 Å². The molecule has 0 saturated heterocycles. The maximum Gasteiger partial charge on any atom is 0.202 e. The number of hydrogen-bond donors (Lipinski definition) is 1. The predicted molar refractivity (Wildman–Crippen MR) is 68.2 cm³/mol. The Morgan fingerprint density at radius 3 is 2.44 bits per heavy atom. The normalized spacial score (nSPS) is 10.4. The number of nitrogens with one attached hydrogen (secondary N) is 1. The molecule has 0 spiro atoms. The summed E-state index contributed by atoms with van der Waals surface area (Å²) in [5.74, 6) is 0.888. The summed E-state index contributed by atoms with van der Waals surface area (Å²) in [6, 6.07) is 6.55. The van der Waals surface area contributed by atoms with Crippen molar-refractivity contribution in [1.82, 2.24) is 9.36 Å². The minimum Gasteiger partial charge on any atom is -0.363 e. The summed E-state index contributed by atoms with van der Waals surface area (Å²) < 4.78 is 4.31. The Balaban J connectivity index is 2.19. The van der Waals surface area contributed by atoms with Gasteiger partial charge in [0.25, 0.3) is 0 Å². The summed E-state index contributed by atoms with van der Waals surface area (Å²) in [5, 5.41) is 3.88. The van der Waals surface area contributed by atoms with Crippen LogP contribution in [0.2, 0.25) is 0 Å². The van der Waals surface area contributed by atoms with Gasteiger partial charge in [-0.25, -0.2) is 4.98 Å². The molecule has 4 heteroatoms. The predicted octanol–water partition coefficient (Wildman–Crippen LogP) is 2.79. The van der Waals surface area contributed by atoms with Gasteiger partial charge in [-0.1, -0.05) is 29.3 Å². The maximum absolute atomic E-state index is 4.38. The molecule has 84 valence electrons. The Labute approximate surface area is 99.7 Å². The lowest BCUT2D eigenvalue weighted by atomic mass is 10.1. The molecule has 2 aromatic rings. The first-order valence-corrected chi connectivity index (χ1v) is 6.02. The lowest BCUT2D eigenvalue weighted by molar-refractivity contribution is 1.03. The van der Waals surface area contributed by atoms with Crippen LogP contribution >= 0.6 is 11.5 Å². The van der Waals surface area contributed by atoms with E-state index in [1.54, 1.807) is 0 Å². The Bertz CT molecular complexity index is 471. The largest absolute Gasteiger partial charge is 0.363 e. The highest BCUT2D eigenvalue weighted by atomic mass is 32.1. The van der Waals surface area contributed by atoms with Gasteiger partial charge in [-0.3, -0.25) is 0 Å². The monoisotopic (exact) mass is 233 g/mol. The second kappa shape index (κ2) is 4.61. The van der Waals surface area contributed by atoms with Crippen LogP contribution in [0, 0.1) is 13.8 Å². The lowest BCUT2D eigenvalue weighted by Crippen LogP contribution is -1.93. The number of rotatable bonds is 3. The molecular weight excluding hydrogens is 218 g/mol. The third-order valence-corrected chi connectivity index (χ3v) is 3.10. The van der Waals surface area contributed by atoms with E-state index in [4.69, 9.17) is 0 Å². The smallest absolute Gasteiger partial charge is 0.202 e. The van der Waals surface area contributed by atoms with Crippen LogP contribution in [-0.4, -0.2) is 16.4 Å². The SMILES string of the molecule is CNc1nc(Cc2cc(C)cc(C)c2)ns1. The highest BCUT2D eigenvalue weighted by Gasteiger charge is 2.04. The molecule has 0 radical (unpaired) electrons. The van der Waals surface area contributed by atoms with Crippen molar-refractivity contribution in [2.75, 3.05) is 12.4 Å². The second-order valence-corrected chi connectivity index (χ2v) is 4.69. The van der Waals surface area contributed by atoms with Gasteiger partial charge in [0.2, 0.25) is 5.13 Å². The van der Waals surface area contributed by atoms with Crippen molar-refractivity contribution in [2.45, 2.75) is 20.3 Å². The van der Waals surface area contributed by atoms with Crippen LogP contribution in [0.25, 0.3) is 0 Å². The summed E-state index contributed by atoms with van der Waals surface area (Å²) in [5.41, 5.74) is 3.86. The van der Waals surface area contributed by atoms with Crippen LogP contribution in [0.15, 0.2) is 18.2 Å². The summed E-state index contributed by atoms with van der Waals surface area (Å²) >= 11 is 1.40. The van der Waals surface area contributed by atoms with E-state index >= 15 is 0 Å². The van der Waals surface area contributed by atoms with E-state index in [1.807, 2.05) is 7.05 Å². The van der Waals surface area contributed by atoms with Crippen molar-refractivity contribution < 1.29 is 0 Å². The number of nitrogens with zero attached hydrogens (tertiary/aromatic N) is 2. The van der Waals surface area contributed by atoms with Crippen LogP contribution in [0.4, 0.5) is 5.13 Å². The van der Waals surface area contributed by atoms with Crippen molar-refractivity contribution in [3.63, 3.8) is 0 Å². The standard InChI is InChI=1S/C12H15N3S/c1-8-4-9(2)6-10(5-8)7-11-14-12(13-3)16-15-11/h4-6H,7H2,1-3H3,(H,13,14,15). The molecule has 2 rings (SSSR count). The van der Waals surface area contributed by atoms with E-state index < -0.39 is 0 Å². The zero-order valence-corrected chi connectivity index (χ0v) is 10.6. The summed E-state index contributed by atoms with van der Waals surface area (Å²) in [7, 11) is 1.86. The Hall–Kier alpha value is -1.42. The topological polar surface area (TPSA) is 37.8 Å². The fraction of sp³-hybridized carbons (Fsp3) is 0.333. The number of benzene rings is 1. The molecule has 0 bridgehead atoms.